The molecule has 1 atom stereocenters. The third kappa shape index (κ3) is 4.63. The maximum absolute atomic E-state index is 12.8. The molecule has 1 aliphatic heterocycles. The van der Waals surface area contributed by atoms with E-state index >= 15 is 0 Å². The monoisotopic (exact) mass is 447 g/mol. The topological polar surface area (TPSA) is 119 Å². The molecule has 0 bridgehead atoms. The van der Waals surface area contributed by atoms with Crippen molar-refractivity contribution in [3.05, 3.63) is 26.7 Å². The van der Waals surface area contributed by atoms with Crippen LogP contribution in [0.1, 0.15) is 65.6 Å². The number of aromatic nitrogens is 4. The van der Waals surface area contributed by atoms with Crippen LogP contribution in [-0.4, -0.2) is 48.5 Å². The first-order valence-electron chi connectivity index (χ1n) is 11.5. The molecule has 1 N–H and O–H groups in total. The van der Waals surface area contributed by atoms with E-state index in [9.17, 15) is 19.2 Å². The summed E-state index contributed by atoms with van der Waals surface area (Å²) in [6.07, 6.45) is 3.72. The molecule has 1 fully saturated rings. The zero-order valence-corrected chi connectivity index (χ0v) is 19.3. The van der Waals surface area contributed by atoms with Crippen molar-refractivity contribution >= 4 is 23.0 Å². The number of carbonyl (C=O) groups excluding carboxylic acids is 2. The van der Waals surface area contributed by atoms with Crippen LogP contribution < -0.4 is 11.2 Å². The van der Waals surface area contributed by atoms with Crippen LogP contribution in [0.25, 0.3) is 11.2 Å². The van der Waals surface area contributed by atoms with Crippen molar-refractivity contribution in [2.45, 2.75) is 85.5 Å². The van der Waals surface area contributed by atoms with Crippen LogP contribution in [0.2, 0.25) is 0 Å². The van der Waals surface area contributed by atoms with Gasteiger partial charge in [0.1, 0.15) is 18.5 Å². The number of carbonyl (C=O) groups is 2. The van der Waals surface area contributed by atoms with Gasteiger partial charge in [-0.15, -0.1) is 0 Å². The molecule has 0 aliphatic carbocycles. The van der Waals surface area contributed by atoms with Gasteiger partial charge in [0.05, 0.1) is 0 Å². The minimum Gasteiger partial charge on any atom is -0.456 e. The Morgan fingerprint density at radius 1 is 1.16 bits per heavy atom. The highest BCUT2D eigenvalue weighted by molar-refractivity contribution is 5.86. The third-order valence-electron chi connectivity index (χ3n) is 5.79. The minimum atomic E-state index is -0.597. The predicted molar refractivity (Wildman–Crippen MR) is 119 cm³/mol. The van der Waals surface area contributed by atoms with Gasteiger partial charge in [-0.1, -0.05) is 34.1 Å². The van der Waals surface area contributed by atoms with Gasteiger partial charge in [0.15, 0.2) is 11.2 Å². The van der Waals surface area contributed by atoms with Crippen molar-refractivity contribution in [2.24, 2.45) is 5.92 Å². The summed E-state index contributed by atoms with van der Waals surface area (Å²) in [5, 5.41) is 0. The Morgan fingerprint density at radius 3 is 2.56 bits per heavy atom. The lowest BCUT2D eigenvalue weighted by atomic mass is 10.1. The quantitative estimate of drug-likeness (QED) is 0.585. The van der Waals surface area contributed by atoms with Gasteiger partial charge in [0.25, 0.3) is 5.56 Å². The molecule has 3 rings (SSSR count). The lowest BCUT2D eigenvalue weighted by Crippen LogP contribution is -2.43. The van der Waals surface area contributed by atoms with Gasteiger partial charge in [0, 0.05) is 25.6 Å². The number of H-pyrrole nitrogens is 1. The molecule has 1 unspecified atom stereocenters. The summed E-state index contributed by atoms with van der Waals surface area (Å²) in [4.78, 5) is 58.7. The number of aryl methyl sites for hydroxylation is 2. The Labute approximate surface area is 186 Å². The molecular weight excluding hydrogens is 414 g/mol. The van der Waals surface area contributed by atoms with Crippen molar-refractivity contribution in [1.29, 1.82) is 0 Å². The summed E-state index contributed by atoms with van der Waals surface area (Å²) in [6.45, 7) is 8.97. The Kier molecular flexibility index (Phi) is 7.52. The standard InChI is InChI=1S/C22H33N5O5/c1-5-7-11-27-18-17(19(28)24-22(27)31)26(10-6-2)16(23-18)13-32-21(30)15-9-8-12-25(15)20(29)14(3)4/h14-15H,5-13H2,1-4H3,(H,24,28,31). The highest BCUT2D eigenvalue weighted by Gasteiger charge is 2.36. The first kappa shape index (κ1) is 23.7. The minimum absolute atomic E-state index is 0.0610. The van der Waals surface area contributed by atoms with Crippen LogP contribution >= 0.6 is 0 Å². The molecule has 3 heterocycles. The van der Waals surface area contributed by atoms with Gasteiger partial charge in [-0.2, -0.15) is 0 Å². The van der Waals surface area contributed by atoms with Gasteiger partial charge in [-0.25, -0.2) is 14.6 Å². The molecule has 176 valence electrons. The fourth-order valence-electron chi connectivity index (χ4n) is 4.16. The summed E-state index contributed by atoms with van der Waals surface area (Å²) in [7, 11) is 0. The molecule has 1 aliphatic rings. The Hall–Kier alpha value is -2.91. The third-order valence-corrected chi connectivity index (χ3v) is 5.79. The van der Waals surface area contributed by atoms with Gasteiger partial charge < -0.3 is 14.2 Å². The lowest BCUT2D eigenvalue weighted by molar-refractivity contribution is -0.155. The molecule has 0 saturated carbocycles. The molecule has 32 heavy (non-hydrogen) atoms. The second-order valence-electron chi connectivity index (χ2n) is 8.57. The maximum Gasteiger partial charge on any atom is 0.330 e. The highest BCUT2D eigenvalue weighted by Crippen LogP contribution is 2.22. The van der Waals surface area contributed by atoms with Crippen molar-refractivity contribution in [3.63, 3.8) is 0 Å². The van der Waals surface area contributed by atoms with Gasteiger partial charge in [0.2, 0.25) is 5.91 Å². The number of amides is 1. The molecule has 0 spiro atoms. The Morgan fingerprint density at radius 2 is 1.91 bits per heavy atom. The van der Waals surface area contributed by atoms with E-state index in [1.165, 1.54) is 4.57 Å². The predicted octanol–water partition coefficient (Wildman–Crippen LogP) is 1.79. The fraction of sp³-hybridized carbons (Fsp3) is 0.682. The van der Waals surface area contributed by atoms with E-state index in [2.05, 4.69) is 9.97 Å². The number of likely N-dealkylation sites (tertiary alicyclic amines) is 1. The normalized spacial score (nSPS) is 16.3. The zero-order valence-electron chi connectivity index (χ0n) is 19.3. The molecule has 2 aromatic rings. The smallest absolute Gasteiger partial charge is 0.330 e. The number of nitrogens with one attached hydrogen (secondary N) is 1. The number of ether oxygens (including phenoxy) is 1. The largest absolute Gasteiger partial charge is 0.456 e. The number of esters is 1. The average Bonchev–Trinajstić information content (AvgIpc) is 3.37. The number of rotatable bonds is 9. The summed E-state index contributed by atoms with van der Waals surface area (Å²) in [5.74, 6) is -0.307. The summed E-state index contributed by atoms with van der Waals surface area (Å²) in [6, 6.07) is -0.597. The number of hydrogen-bond donors (Lipinski definition) is 1. The first-order valence-corrected chi connectivity index (χ1v) is 11.5. The van der Waals surface area contributed by atoms with Crippen molar-refractivity contribution in [2.75, 3.05) is 6.54 Å². The van der Waals surface area contributed by atoms with Crippen LogP contribution in [0.5, 0.6) is 0 Å². The number of unbranched alkanes of at least 4 members (excludes halogenated alkanes) is 1. The SMILES string of the molecule is CCCCn1c(=O)[nH]c(=O)c2c1nc(COC(=O)C1CCCN1C(=O)C(C)C)n2CCC. The van der Waals surface area contributed by atoms with E-state index in [-0.39, 0.29) is 18.4 Å². The molecular formula is C22H33N5O5. The summed E-state index contributed by atoms with van der Waals surface area (Å²) < 4.78 is 8.75. The molecule has 2 aromatic heterocycles. The van der Waals surface area contributed by atoms with E-state index in [0.717, 1.165) is 25.7 Å². The number of hydrogen-bond acceptors (Lipinski definition) is 6. The lowest BCUT2D eigenvalue weighted by Gasteiger charge is -2.24. The number of aromatic amines is 1. The molecule has 1 amide bonds. The molecule has 0 radical (unpaired) electrons. The van der Waals surface area contributed by atoms with E-state index in [1.54, 1.807) is 9.47 Å². The first-order chi connectivity index (χ1) is 15.3. The number of imidazole rings is 1. The summed E-state index contributed by atoms with van der Waals surface area (Å²) in [5.41, 5.74) is -0.370. The Balaban J connectivity index is 1.90. The Bertz CT molecular complexity index is 1100. The van der Waals surface area contributed by atoms with E-state index in [1.807, 2.05) is 27.7 Å². The van der Waals surface area contributed by atoms with E-state index in [0.29, 0.717) is 43.0 Å². The molecule has 10 heteroatoms. The second kappa shape index (κ2) is 10.1. The van der Waals surface area contributed by atoms with Crippen LogP contribution in [0.3, 0.4) is 0 Å². The van der Waals surface area contributed by atoms with Gasteiger partial charge in [-0.05, 0) is 25.7 Å². The molecule has 1 saturated heterocycles. The van der Waals surface area contributed by atoms with E-state index < -0.39 is 23.3 Å². The summed E-state index contributed by atoms with van der Waals surface area (Å²) >= 11 is 0. The van der Waals surface area contributed by atoms with Crippen molar-refractivity contribution in [3.8, 4) is 0 Å². The highest BCUT2D eigenvalue weighted by atomic mass is 16.5. The zero-order chi connectivity index (χ0) is 23.4. The molecule has 10 nitrogen and oxygen atoms in total. The fourth-order valence-corrected chi connectivity index (χ4v) is 4.16. The van der Waals surface area contributed by atoms with Crippen LogP contribution in [-0.2, 0) is 34.0 Å². The van der Waals surface area contributed by atoms with Crippen molar-refractivity contribution < 1.29 is 14.3 Å². The maximum atomic E-state index is 12.8. The van der Waals surface area contributed by atoms with Crippen LogP contribution in [0, 0.1) is 5.92 Å². The van der Waals surface area contributed by atoms with Crippen LogP contribution in [0.4, 0.5) is 0 Å². The van der Waals surface area contributed by atoms with E-state index in [4.69, 9.17) is 4.74 Å². The number of fused-ring (bicyclic) bond motifs is 1. The number of nitrogens with zero attached hydrogens (tertiary/aromatic N) is 4. The average molecular weight is 448 g/mol. The van der Waals surface area contributed by atoms with Gasteiger partial charge in [-0.3, -0.25) is 19.1 Å². The van der Waals surface area contributed by atoms with Crippen LogP contribution in [0.15, 0.2) is 9.59 Å². The van der Waals surface area contributed by atoms with Gasteiger partial charge >= 0.3 is 11.7 Å². The second-order valence-corrected chi connectivity index (χ2v) is 8.57. The van der Waals surface area contributed by atoms with Crippen molar-refractivity contribution in [1.82, 2.24) is 24.0 Å². The molecule has 0 aromatic carbocycles.